The van der Waals surface area contributed by atoms with E-state index in [4.69, 9.17) is 0 Å². The second kappa shape index (κ2) is 4.18. The predicted molar refractivity (Wildman–Crippen MR) is 49.0 cm³/mol. The second-order valence-electron chi connectivity index (χ2n) is 2.00. The van der Waals surface area contributed by atoms with Crippen molar-refractivity contribution in [3.63, 3.8) is 0 Å². The number of thioether (sulfide) groups is 1. The van der Waals surface area contributed by atoms with Gasteiger partial charge in [0.2, 0.25) is 0 Å². The summed E-state index contributed by atoms with van der Waals surface area (Å²) in [6.45, 7) is 3.84. The van der Waals surface area contributed by atoms with Gasteiger partial charge >= 0.3 is 0 Å². The monoisotopic (exact) mass is 150 g/mol. The Balaban J connectivity index is 2.64. The van der Waals surface area contributed by atoms with Crippen LogP contribution in [-0.4, -0.2) is 5.75 Å². The fourth-order valence-corrected chi connectivity index (χ4v) is 1.22. The maximum Gasteiger partial charge on any atom is 0.0157 e. The molecule has 0 spiro atoms. The Bertz CT molecular complexity index is 197. The van der Waals surface area contributed by atoms with Gasteiger partial charge in [-0.1, -0.05) is 30.9 Å². The van der Waals surface area contributed by atoms with Gasteiger partial charge in [0.25, 0.3) is 0 Å². The minimum absolute atomic E-state index is 1.05. The number of hydrogen-bond acceptors (Lipinski definition) is 1. The standard InChI is InChI=1S/C9H10S/c1-9-5-3-2-4-7-10-8-6-9/h2-6,8H,1,7H2/b4-2-,5-3-,8-6-. The first kappa shape index (κ1) is 7.42. The van der Waals surface area contributed by atoms with Crippen molar-refractivity contribution < 1.29 is 0 Å². The lowest BCUT2D eigenvalue weighted by Crippen LogP contribution is -1.62. The quantitative estimate of drug-likeness (QED) is 0.511. The molecule has 1 heterocycles. The number of hydrogen-bond donors (Lipinski definition) is 0. The van der Waals surface area contributed by atoms with Gasteiger partial charge in [-0.2, -0.15) is 0 Å². The molecule has 0 aromatic rings. The molecule has 0 radical (unpaired) electrons. The maximum absolute atomic E-state index is 3.84. The fourth-order valence-electron chi connectivity index (χ4n) is 0.615. The van der Waals surface area contributed by atoms with Gasteiger partial charge in [0.15, 0.2) is 0 Å². The molecule has 0 N–H and O–H groups in total. The zero-order valence-electron chi connectivity index (χ0n) is 5.79. The van der Waals surface area contributed by atoms with E-state index in [-0.39, 0.29) is 0 Å². The van der Waals surface area contributed by atoms with Crippen LogP contribution in [-0.2, 0) is 0 Å². The first-order valence-corrected chi connectivity index (χ1v) is 4.25. The first-order chi connectivity index (χ1) is 4.89. The van der Waals surface area contributed by atoms with Crippen LogP contribution in [0.4, 0.5) is 0 Å². The van der Waals surface area contributed by atoms with Crippen LogP contribution in [0.1, 0.15) is 0 Å². The van der Waals surface area contributed by atoms with E-state index in [9.17, 15) is 0 Å². The van der Waals surface area contributed by atoms with Gasteiger partial charge in [-0.3, -0.25) is 0 Å². The zero-order chi connectivity index (χ0) is 7.23. The third-order valence-electron chi connectivity index (χ3n) is 1.13. The summed E-state index contributed by atoms with van der Waals surface area (Å²) in [6, 6.07) is 0. The molecule has 0 aromatic carbocycles. The van der Waals surface area contributed by atoms with Crippen LogP contribution in [0.2, 0.25) is 0 Å². The van der Waals surface area contributed by atoms with E-state index in [1.807, 2.05) is 24.3 Å². The number of allylic oxidation sites excluding steroid dienone is 5. The van der Waals surface area contributed by atoms with Crippen LogP contribution < -0.4 is 0 Å². The highest BCUT2D eigenvalue weighted by molar-refractivity contribution is 8.02. The molecule has 0 saturated heterocycles. The van der Waals surface area contributed by atoms with Crippen molar-refractivity contribution >= 4 is 11.8 Å². The van der Waals surface area contributed by atoms with Crippen LogP contribution >= 0.6 is 11.8 Å². The van der Waals surface area contributed by atoms with Gasteiger partial charge in [-0.25, -0.2) is 0 Å². The lowest BCUT2D eigenvalue weighted by atomic mass is 10.3. The molecule has 1 heteroatoms. The van der Waals surface area contributed by atoms with Crippen LogP contribution in [0.3, 0.4) is 0 Å². The zero-order valence-corrected chi connectivity index (χ0v) is 6.60. The average molecular weight is 150 g/mol. The molecular formula is C9H10S. The highest BCUT2D eigenvalue weighted by Gasteiger charge is 1.82. The van der Waals surface area contributed by atoms with Crippen molar-refractivity contribution in [3.8, 4) is 0 Å². The van der Waals surface area contributed by atoms with Gasteiger partial charge in [-0.05, 0) is 17.1 Å². The molecule has 0 atom stereocenters. The molecule has 1 aliphatic rings. The predicted octanol–water partition coefficient (Wildman–Crippen LogP) is 2.92. The third kappa shape index (κ3) is 2.74. The van der Waals surface area contributed by atoms with E-state index in [2.05, 4.69) is 18.1 Å². The Labute approximate surface area is 66.0 Å². The summed E-state index contributed by atoms with van der Waals surface area (Å²) < 4.78 is 0. The number of rotatable bonds is 0. The van der Waals surface area contributed by atoms with Crippen LogP contribution in [0.15, 0.2) is 47.9 Å². The van der Waals surface area contributed by atoms with E-state index in [1.54, 1.807) is 11.8 Å². The first-order valence-electron chi connectivity index (χ1n) is 3.20. The Hall–Kier alpha value is -0.690. The molecule has 0 fully saturated rings. The lowest BCUT2D eigenvalue weighted by Gasteiger charge is -1.85. The summed E-state index contributed by atoms with van der Waals surface area (Å²) in [7, 11) is 0. The fraction of sp³-hybridized carbons (Fsp3) is 0.111. The Kier molecular flexibility index (Phi) is 3.10. The topological polar surface area (TPSA) is 0 Å². The van der Waals surface area contributed by atoms with Crippen molar-refractivity contribution in [2.24, 2.45) is 0 Å². The Morgan fingerprint density at radius 3 is 3.10 bits per heavy atom. The summed E-state index contributed by atoms with van der Waals surface area (Å²) in [5.41, 5.74) is 1.05. The summed E-state index contributed by atoms with van der Waals surface area (Å²) in [5, 5.41) is 2.07. The highest BCUT2D eigenvalue weighted by Crippen LogP contribution is 2.07. The van der Waals surface area contributed by atoms with E-state index < -0.39 is 0 Å². The molecule has 0 bridgehead atoms. The molecule has 0 saturated carbocycles. The molecule has 0 aromatic heterocycles. The van der Waals surface area contributed by atoms with E-state index >= 15 is 0 Å². The molecular weight excluding hydrogens is 140 g/mol. The van der Waals surface area contributed by atoms with Crippen molar-refractivity contribution in [3.05, 3.63) is 47.9 Å². The van der Waals surface area contributed by atoms with Gasteiger partial charge in [0.05, 0.1) is 0 Å². The SMILES string of the molecule is C=C1/C=C\C=C/CS/C=C\1. The summed E-state index contributed by atoms with van der Waals surface area (Å²) in [4.78, 5) is 0. The lowest BCUT2D eigenvalue weighted by molar-refractivity contribution is 1.73. The average Bonchev–Trinajstić information content (AvgIpc) is 2.02. The third-order valence-corrected chi connectivity index (χ3v) is 1.84. The molecule has 1 rings (SSSR count). The van der Waals surface area contributed by atoms with Crippen molar-refractivity contribution in [2.45, 2.75) is 0 Å². The minimum Gasteiger partial charge on any atom is -0.130 e. The maximum atomic E-state index is 3.84. The molecule has 1 aliphatic heterocycles. The van der Waals surface area contributed by atoms with E-state index in [0.717, 1.165) is 11.3 Å². The molecule has 0 unspecified atom stereocenters. The minimum atomic E-state index is 1.05. The van der Waals surface area contributed by atoms with Gasteiger partial charge in [-0.15, -0.1) is 11.8 Å². The van der Waals surface area contributed by atoms with E-state index in [0.29, 0.717) is 0 Å². The summed E-state index contributed by atoms with van der Waals surface area (Å²) >= 11 is 1.78. The summed E-state index contributed by atoms with van der Waals surface area (Å²) in [5.74, 6) is 1.05. The largest absolute Gasteiger partial charge is 0.130 e. The van der Waals surface area contributed by atoms with Gasteiger partial charge in [0.1, 0.15) is 0 Å². The van der Waals surface area contributed by atoms with Crippen LogP contribution in [0.25, 0.3) is 0 Å². The highest BCUT2D eigenvalue weighted by atomic mass is 32.2. The molecule has 0 aliphatic carbocycles. The molecule has 10 heavy (non-hydrogen) atoms. The van der Waals surface area contributed by atoms with Crippen LogP contribution in [0, 0.1) is 0 Å². The van der Waals surface area contributed by atoms with Crippen molar-refractivity contribution in [1.29, 1.82) is 0 Å². The Morgan fingerprint density at radius 1 is 1.30 bits per heavy atom. The Morgan fingerprint density at radius 2 is 2.20 bits per heavy atom. The second-order valence-corrected chi connectivity index (χ2v) is 2.94. The van der Waals surface area contributed by atoms with Gasteiger partial charge in [0, 0.05) is 5.75 Å². The smallest absolute Gasteiger partial charge is 0.0157 e. The summed E-state index contributed by atoms with van der Waals surface area (Å²) in [6.07, 6.45) is 10.2. The van der Waals surface area contributed by atoms with Crippen LogP contribution in [0.5, 0.6) is 0 Å². The normalized spacial score (nSPS) is 27.8. The van der Waals surface area contributed by atoms with Gasteiger partial charge < -0.3 is 0 Å². The van der Waals surface area contributed by atoms with E-state index in [1.165, 1.54) is 0 Å². The van der Waals surface area contributed by atoms with Crippen molar-refractivity contribution in [2.75, 3.05) is 5.75 Å². The molecule has 0 amide bonds. The van der Waals surface area contributed by atoms with Crippen molar-refractivity contribution in [1.82, 2.24) is 0 Å². The molecule has 52 valence electrons. The molecule has 0 nitrogen and oxygen atoms in total.